The summed E-state index contributed by atoms with van der Waals surface area (Å²) in [5.74, 6) is 0. The van der Waals surface area contributed by atoms with Crippen LogP contribution in [0.2, 0.25) is 0 Å². The maximum absolute atomic E-state index is 6.19. The van der Waals surface area contributed by atoms with Gasteiger partial charge in [-0.1, -0.05) is 24.3 Å². The number of aryl methyl sites for hydroxylation is 1. The van der Waals surface area contributed by atoms with Crippen molar-refractivity contribution in [3.63, 3.8) is 0 Å². The van der Waals surface area contributed by atoms with E-state index in [9.17, 15) is 0 Å². The largest absolute Gasteiger partial charge is 0.328 e. The maximum atomic E-state index is 6.19. The first-order valence-electron chi connectivity index (χ1n) is 6.90. The molecule has 1 aliphatic carbocycles. The number of fused-ring (bicyclic) bond motifs is 1. The van der Waals surface area contributed by atoms with E-state index in [1.807, 2.05) is 0 Å². The molecule has 0 spiro atoms. The standard InChI is InChI=1S/C15H22N2/c16-12-15(17-10-3-4-11-17)9-5-7-13-6-1-2-8-14(13)15/h1-2,6,8H,3-5,7,9-12,16H2. The third-order valence-electron chi connectivity index (χ3n) is 4.60. The minimum Gasteiger partial charge on any atom is -0.328 e. The summed E-state index contributed by atoms with van der Waals surface area (Å²) in [4.78, 5) is 2.64. The van der Waals surface area contributed by atoms with Crippen molar-refractivity contribution in [3.05, 3.63) is 35.4 Å². The molecule has 2 aliphatic rings. The first-order valence-corrected chi connectivity index (χ1v) is 6.90. The van der Waals surface area contributed by atoms with Crippen LogP contribution < -0.4 is 5.73 Å². The molecular weight excluding hydrogens is 208 g/mol. The Balaban J connectivity index is 2.05. The summed E-state index contributed by atoms with van der Waals surface area (Å²) in [5.41, 5.74) is 9.37. The van der Waals surface area contributed by atoms with E-state index >= 15 is 0 Å². The quantitative estimate of drug-likeness (QED) is 0.844. The Hall–Kier alpha value is -0.860. The number of benzene rings is 1. The van der Waals surface area contributed by atoms with Crippen LogP contribution in [0.3, 0.4) is 0 Å². The number of hydrogen-bond acceptors (Lipinski definition) is 2. The van der Waals surface area contributed by atoms with E-state index in [0.29, 0.717) is 0 Å². The molecule has 0 aromatic heterocycles. The van der Waals surface area contributed by atoms with Gasteiger partial charge in [0, 0.05) is 6.54 Å². The number of nitrogens with zero attached hydrogens (tertiary/aromatic N) is 1. The SMILES string of the molecule is NCC1(N2CCCC2)CCCc2ccccc21. The molecule has 1 aromatic carbocycles. The molecule has 92 valence electrons. The van der Waals surface area contributed by atoms with Gasteiger partial charge in [-0.15, -0.1) is 0 Å². The van der Waals surface area contributed by atoms with Crippen molar-refractivity contribution >= 4 is 0 Å². The first kappa shape index (κ1) is 11.2. The van der Waals surface area contributed by atoms with Gasteiger partial charge in [-0.25, -0.2) is 0 Å². The highest BCUT2D eigenvalue weighted by Gasteiger charge is 2.41. The summed E-state index contributed by atoms with van der Waals surface area (Å²) < 4.78 is 0. The van der Waals surface area contributed by atoms with Crippen LogP contribution in [-0.2, 0) is 12.0 Å². The van der Waals surface area contributed by atoms with Crippen molar-refractivity contribution in [2.75, 3.05) is 19.6 Å². The van der Waals surface area contributed by atoms with Crippen molar-refractivity contribution in [1.29, 1.82) is 0 Å². The van der Waals surface area contributed by atoms with Crippen LogP contribution in [0.15, 0.2) is 24.3 Å². The summed E-state index contributed by atoms with van der Waals surface area (Å²) in [6.45, 7) is 3.22. The Morgan fingerprint density at radius 3 is 2.65 bits per heavy atom. The molecule has 1 saturated heterocycles. The van der Waals surface area contributed by atoms with Gasteiger partial charge in [-0.2, -0.15) is 0 Å². The molecule has 1 unspecified atom stereocenters. The first-order chi connectivity index (χ1) is 8.37. The van der Waals surface area contributed by atoms with Crippen LogP contribution in [-0.4, -0.2) is 24.5 Å². The van der Waals surface area contributed by atoms with Crippen LogP contribution >= 0.6 is 0 Å². The topological polar surface area (TPSA) is 29.3 Å². The van der Waals surface area contributed by atoms with Crippen molar-refractivity contribution in [2.24, 2.45) is 5.73 Å². The third kappa shape index (κ3) is 1.71. The predicted octanol–water partition coefficient (Wildman–Crippen LogP) is 2.27. The lowest BCUT2D eigenvalue weighted by Crippen LogP contribution is -2.51. The van der Waals surface area contributed by atoms with Crippen LogP contribution in [0.1, 0.15) is 36.8 Å². The monoisotopic (exact) mass is 230 g/mol. The molecular formula is C15H22N2. The summed E-state index contributed by atoms with van der Waals surface area (Å²) in [5, 5.41) is 0. The molecule has 1 heterocycles. The molecule has 17 heavy (non-hydrogen) atoms. The van der Waals surface area contributed by atoms with Crippen molar-refractivity contribution in [3.8, 4) is 0 Å². The van der Waals surface area contributed by atoms with Crippen LogP contribution in [0.4, 0.5) is 0 Å². The Morgan fingerprint density at radius 2 is 1.88 bits per heavy atom. The summed E-state index contributed by atoms with van der Waals surface area (Å²) in [6.07, 6.45) is 6.42. The molecule has 1 aromatic rings. The lowest BCUT2D eigenvalue weighted by Gasteiger charge is -2.45. The van der Waals surface area contributed by atoms with Crippen LogP contribution in [0.25, 0.3) is 0 Å². The fraction of sp³-hybridized carbons (Fsp3) is 0.600. The zero-order valence-corrected chi connectivity index (χ0v) is 10.5. The van der Waals surface area contributed by atoms with E-state index in [4.69, 9.17) is 5.73 Å². The van der Waals surface area contributed by atoms with Crippen molar-refractivity contribution < 1.29 is 0 Å². The zero-order valence-electron chi connectivity index (χ0n) is 10.5. The van der Waals surface area contributed by atoms with Crippen LogP contribution in [0.5, 0.6) is 0 Å². The molecule has 1 fully saturated rings. The van der Waals surface area contributed by atoms with Gasteiger partial charge in [0.25, 0.3) is 0 Å². The van der Waals surface area contributed by atoms with Gasteiger partial charge in [0.2, 0.25) is 0 Å². The highest BCUT2D eigenvalue weighted by molar-refractivity contribution is 5.37. The smallest absolute Gasteiger partial charge is 0.0586 e. The number of nitrogens with two attached hydrogens (primary N) is 1. The molecule has 1 atom stereocenters. The maximum Gasteiger partial charge on any atom is 0.0586 e. The number of rotatable bonds is 2. The van der Waals surface area contributed by atoms with E-state index in [1.165, 1.54) is 56.3 Å². The second kappa shape index (κ2) is 4.43. The minimum atomic E-state index is 0.144. The molecule has 1 aliphatic heterocycles. The molecule has 0 radical (unpaired) electrons. The highest BCUT2D eigenvalue weighted by atomic mass is 15.2. The fourth-order valence-corrected chi connectivity index (χ4v) is 3.71. The second-order valence-corrected chi connectivity index (χ2v) is 5.44. The van der Waals surface area contributed by atoms with E-state index < -0.39 is 0 Å². The van der Waals surface area contributed by atoms with Crippen molar-refractivity contribution in [2.45, 2.75) is 37.6 Å². The molecule has 2 N–H and O–H groups in total. The molecule has 0 bridgehead atoms. The molecule has 2 nitrogen and oxygen atoms in total. The lowest BCUT2D eigenvalue weighted by molar-refractivity contribution is 0.102. The van der Waals surface area contributed by atoms with Gasteiger partial charge >= 0.3 is 0 Å². The molecule has 0 saturated carbocycles. The highest BCUT2D eigenvalue weighted by Crippen LogP contribution is 2.40. The van der Waals surface area contributed by atoms with Crippen LogP contribution in [0, 0.1) is 0 Å². The average molecular weight is 230 g/mol. The molecule has 3 rings (SSSR count). The Labute approximate surface area is 104 Å². The molecule has 2 heteroatoms. The molecule has 0 amide bonds. The Bertz CT molecular complexity index is 396. The summed E-state index contributed by atoms with van der Waals surface area (Å²) in [6, 6.07) is 8.93. The van der Waals surface area contributed by atoms with Gasteiger partial charge in [0.1, 0.15) is 0 Å². The van der Waals surface area contributed by atoms with Gasteiger partial charge in [0.15, 0.2) is 0 Å². The third-order valence-corrected chi connectivity index (χ3v) is 4.60. The summed E-state index contributed by atoms with van der Waals surface area (Å²) in [7, 11) is 0. The zero-order chi connectivity index (χ0) is 11.7. The van der Waals surface area contributed by atoms with E-state index in [1.54, 1.807) is 0 Å². The van der Waals surface area contributed by atoms with Gasteiger partial charge in [-0.05, 0) is 56.3 Å². The normalized spacial score (nSPS) is 29.2. The number of likely N-dealkylation sites (tertiary alicyclic amines) is 1. The van der Waals surface area contributed by atoms with Gasteiger partial charge < -0.3 is 5.73 Å². The Morgan fingerprint density at radius 1 is 1.12 bits per heavy atom. The predicted molar refractivity (Wildman–Crippen MR) is 70.9 cm³/mol. The fourth-order valence-electron chi connectivity index (χ4n) is 3.71. The second-order valence-electron chi connectivity index (χ2n) is 5.44. The Kier molecular flexibility index (Phi) is 2.93. The summed E-state index contributed by atoms with van der Waals surface area (Å²) >= 11 is 0. The van der Waals surface area contributed by atoms with E-state index in [-0.39, 0.29) is 5.54 Å². The van der Waals surface area contributed by atoms with E-state index in [2.05, 4.69) is 29.2 Å². The van der Waals surface area contributed by atoms with E-state index in [0.717, 1.165) is 6.54 Å². The van der Waals surface area contributed by atoms with Gasteiger partial charge in [-0.3, -0.25) is 4.90 Å². The lowest BCUT2D eigenvalue weighted by atomic mass is 9.75. The van der Waals surface area contributed by atoms with Crippen molar-refractivity contribution in [1.82, 2.24) is 4.90 Å². The van der Waals surface area contributed by atoms with Gasteiger partial charge in [0.05, 0.1) is 5.54 Å². The number of hydrogen-bond donors (Lipinski definition) is 1. The average Bonchev–Trinajstić information content (AvgIpc) is 2.92. The minimum absolute atomic E-state index is 0.144.